The smallest absolute Gasteiger partial charge is 0.422 e. The molecule has 2 aromatic carbocycles. The maximum Gasteiger partial charge on any atom is 0.461 e. The lowest BCUT2D eigenvalue weighted by molar-refractivity contribution is -0.276. The Balaban J connectivity index is 1.87. The van der Waals surface area contributed by atoms with E-state index in [1.165, 1.54) is 17.0 Å². The molecule has 2 fully saturated rings. The molecular formula is C38H45F5N4O8. The summed E-state index contributed by atoms with van der Waals surface area (Å²) in [5.74, 6) is -15.6. The topological polar surface area (TPSA) is 149 Å². The fourth-order valence-corrected chi connectivity index (χ4v) is 6.14. The lowest BCUT2D eigenvalue weighted by Crippen LogP contribution is -2.55. The van der Waals surface area contributed by atoms with E-state index in [4.69, 9.17) is 15.2 Å². The Kier molecular flexibility index (Phi) is 13.9. The number of hydrogen-bond acceptors (Lipinski definition) is 9. The van der Waals surface area contributed by atoms with Crippen molar-refractivity contribution in [3.05, 3.63) is 82.7 Å². The second-order valence-corrected chi connectivity index (χ2v) is 13.9. The molecule has 3 atom stereocenters. The molecule has 0 bridgehead atoms. The summed E-state index contributed by atoms with van der Waals surface area (Å²) in [6, 6.07) is 10.7. The lowest BCUT2D eigenvalue weighted by Gasteiger charge is -2.35. The average molecular weight is 781 g/mol. The maximum absolute atomic E-state index is 15.4. The van der Waals surface area contributed by atoms with E-state index in [1.54, 1.807) is 44.2 Å². The number of carbonyl (C=O) groups excluding carboxylic acids is 5. The van der Waals surface area contributed by atoms with Crippen LogP contribution in [-0.4, -0.2) is 107 Å². The minimum Gasteiger partial charge on any atom is -0.422 e. The third-order valence-electron chi connectivity index (χ3n) is 9.17. The van der Waals surface area contributed by atoms with Crippen molar-refractivity contribution in [3.8, 4) is 0 Å². The van der Waals surface area contributed by atoms with E-state index in [0.29, 0.717) is 33.2 Å². The molecule has 0 radical (unpaired) electrons. The van der Waals surface area contributed by atoms with Crippen LogP contribution in [0.2, 0.25) is 0 Å². The third-order valence-corrected chi connectivity index (χ3v) is 9.17. The fraction of sp³-hybridized carbons (Fsp3) is 0.500. The van der Waals surface area contributed by atoms with Crippen LogP contribution in [0.25, 0.3) is 0 Å². The van der Waals surface area contributed by atoms with Crippen LogP contribution in [0.15, 0.2) is 66.1 Å². The highest BCUT2D eigenvalue weighted by Crippen LogP contribution is 2.45. The molecule has 0 spiro atoms. The van der Waals surface area contributed by atoms with Crippen LogP contribution >= 0.6 is 0 Å². The summed E-state index contributed by atoms with van der Waals surface area (Å²) in [5.41, 5.74) is 5.39. The van der Waals surface area contributed by atoms with Gasteiger partial charge in [0.1, 0.15) is 6.04 Å². The number of rotatable bonds is 12. The molecule has 0 aliphatic carbocycles. The van der Waals surface area contributed by atoms with Gasteiger partial charge in [-0.25, -0.2) is 4.90 Å². The molecule has 2 N–H and O–H groups in total. The second kappa shape index (κ2) is 17.8. The van der Waals surface area contributed by atoms with E-state index in [2.05, 4.69) is 4.74 Å². The molecule has 12 nitrogen and oxygen atoms in total. The molecule has 4 rings (SSSR count). The third kappa shape index (κ3) is 9.93. The number of halogens is 5. The summed E-state index contributed by atoms with van der Waals surface area (Å²) in [6.45, 7) is 7.12. The molecule has 0 unspecified atom stereocenters. The second-order valence-electron chi connectivity index (χ2n) is 13.9. The molecule has 0 aromatic heterocycles. The Morgan fingerprint density at radius 1 is 0.909 bits per heavy atom. The maximum atomic E-state index is 15.4. The summed E-state index contributed by atoms with van der Waals surface area (Å²) in [7, 11) is 0. The first-order valence-electron chi connectivity index (χ1n) is 17.7. The molecule has 55 heavy (non-hydrogen) atoms. The number of nitrogens with two attached hydrogens (primary N) is 1. The Morgan fingerprint density at radius 2 is 1.49 bits per heavy atom. The Labute approximate surface area is 315 Å². The van der Waals surface area contributed by atoms with Crippen LogP contribution in [-0.2, 0) is 35.2 Å². The van der Waals surface area contributed by atoms with Gasteiger partial charge in [0.05, 0.1) is 37.7 Å². The first-order valence-corrected chi connectivity index (χ1v) is 17.7. The number of nitrogens with zero attached hydrogens (tertiary/aromatic N) is 3. The van der Waals surface area contributed by atoms with E-state index in [0.717, 1.165) is 36.4 Å². The van der Waals surface area contributed by atoms with Gasteiger partial charge in [0.25, 0.3) is 17.7 Å². The first-order chi connectivity index (χ1) is 25.8. The quantitative estimate of drug-likeness (QED) is 0.137. The van der Waals surface area contributed by atoms with E-state index in [-0.39, 0.29) is 30.0 Å². The van der Waals surface area contributed by atoms with Gasteiger partial charge in [-0.05, 0) is 41.7 Å². The van der Waals surface area contributed by atoms with E-state index in [9.17, 15) is 37.1 Å². The molecule has 2 saturated heterocycles. The molecule has 300 valence electrons. The van der Waals surface area contributed by atoms with Crippen LogP contribution in [0.5, 0.6) is 0 Å². The molecule has 4 amide bonds. The molecule has 17 heteroatoms. The van der Waals surface area contributed by atoms with Gasteiger partial charge >= 0.3 is 18.1 Å². The first kappa shape index (κ1) is 43.0. The van der Waals surface area contributed by atoms with E-state index >= 15 is 8.78 Å². The van der Waals surface area contributed by atoms with Crippen molar-refractivity contribution in [2.75, 3.05) is 32.8 Å². The largest absolute Gasteiger partial charge is 0.461 e. The normalized spacial score (nSPS) is 18.9. The highest BCUT2D eigenvalue weighted by atomic mass is 19.4. The molecule has 2 aliphatic rings. The SMILES string of the molecule is CC(=O)O/C(=C(/C(C)C)N(C(=O)c1ccc(C(=O)N2CCOCC2)cc1)C(=O)[C@@H]1C[C@@H](OCc2ccccc2)CN1C(=O)[C@@H](N)C(C)C)C(F)(F)C(F)(F)F. The summed E-state index contributed by atoms with van der Waals surface area (Å²) in [4.78, 5) is 70.9. The van der Waals surface area contributed by atoms with Crippen molar-refractivity contribution in [1.82, 2.24) is 14.7 Å². The van der Waals surface area contributed by atoms with Gasteiger partial charge in [0, 0.05) is 44.1 Å². The number of hydrogen-bond donors (Lipinski definition) is 1. The highest BCUT2D eigenvalue weighted by Gasteiger charge is 2.64. The van der Waals surface area contributed by atoms with Gasteiger partial charge in [-0.1, -0.05) is 58.0 Å². The van der Waals surface area contributed by atoms with Gasteiger partial charge in [-0.3, -0.25) is 24.0 Å². The van der Waals surface area contributed by atoms with Crippen LogP contribution < -0.4 is 5.73 Å². The monoisotopic (exact) mass is 780 g/mol. The number of amides is 4. The minimum atomic E-state index is -6.34. The number of alkyl halides is 5. The molecule has 2 aliphatic heterocycles. The van der Waals surface area contributed by atoms with Crippen molar-refractivity contribution in [1.29, 1.82) is 0 Å². The zero-order valence-electron chi connectivity index (χ0n) is 31.1. The summed E-state index contributed by atoms with van der Waals surface area (Å²) < 4.78 is 88.8. The van der Waals surface area contributed by atoms with Gasteiger partial charge in [0.15, 0.2) is 0 Å². The molecule has 2 aromatic rings. The van der Waals surface area contributed by atoms with Crippen molar-refractivity contribution in [2.24, 2.45) is 17.6 Å². The standard InChI is InChI=1S/C38H45F5N4O8/c1-22(2)30(44)36(52)46-20-28(54-21-25-9-7-6-8-10-25)19-29(46)35(51)47(31(23(3)4)32(55-24(5)48)37(39,40)38(41,42)43)34(50)27-13-11-26(12-14-27)33(49)45-15-17-53-18-16-45/h6-14,22-23,28-30H,15-21,44H2,1-5H3/b32-31-/t28-,29+,30+/m1/s1. The summed E-state index contributed by atoms with van der Waals surface area (Å²) in [6.07, 6.45) is -7.51. The molecule has 0 saturated carbocycles. The Morgan fingerprint density at radius 3 is 2.02 bits per heavy atom. The fourth-order valence-electron chi connectivity index (χ4n) is 6.14. The van der Waals surface area contributed by atoms with Crippen molar-refractivity contribution >= 4 is 29.6 Å². The average Bonchev–Trinajstić information content (AvgIpc) is 3.58. The van der Waals surface area contributed by atoms with Crippen molar-refractivity contribution < 1.29 is 60.1 Å². The Bertz CT molecular complexity index is 1750. The number of allylic oxidation sites excluding steroid dienone is 2. The number of morpholine rings is 1. The van der Waals surface area contributed by atoms with Gasteiger partial charge < -0.3 is 29.7 Å². The predicted molar refractivity (Wildman–Crippen MR) is 187 cm³/mol. The number of imide groups is 1. The zero-order chi connectivity index (χ0) is 40.8. The zero-order valence-corrected chi connectivity index (χ0v) is 31.1. The van der Waals surface area contributed by atoms with Gasteiger partial charge in [0.2, 0.25) is 11.7 Å². The number of carbonyl (C=O) groups is 5. The minimum absolute atomic E-state index is 0.0361. The summed E-state index contributed by atoms with van der Waals surface area (Å²) >= 11 is 0. The number of likely N-dealkylation sites (tertiary alicyclic amines) is 1. The van der Waals surface area contributed by atoms with Crippen LogP contribution in [0.1, 0.15) is 67.3 Å². The van der Waals surface area contributed by atoms with Crippen LogP contribution in [0, 0.1) is 11.8 Å². The van der Waals surface area contributed by atoms with Crippen molar-refractivity contribution in [3.63, 3.8) is 0 Å². The van der Waals surface area contributed by atoms with E-state index in [1.807, 2.05) is 0 Å². The highest BCUT2D eigenvalue weighted by molar-refractivity contribution is 6.09. The summed E-state index contributed by atoms with van der Waals surface area (Å²) in [5, 5.41) is 0. The number of esters is 1. The predicted octanol–water partition coefficient (Wildman–Crippen LogP) is 4.93. The van der Waals surface area contributed by atoms with Crippen LogP contribution in [0.4, 0.5) is 22.0 Å². The van der Waals surface area contributed by atoms with Crippen LogP contribution in [0.3, 0.4) is 0 Å². The number of benzene rings is 2. The molecular weight excluding hydrogens is 735 g/mol. The molecule has 2 heterocycles. The van der Waals surface area contributed by atoms with Gasteiger partial charge in [-0.2, -0.15) is 22.0 Å². The Hall–Kier alpha value is -4.74. The van der Waals surface area contributed by atoms with E-state index < -0.39 is 88.7 Å². The van der Waals surface area contributed by atoms with Gasteiger partial charge in [-0.15, -0.1) is 0 Å². The van der Waals surface area contributed by atoms with Crippen molar-refractivity contribution in [2.45, 2.75) is 77.9 Å². The number of ether oxygens (including phenoxy) is 3. The lowest BCUT2D eigenvalue weighted by atomic mass is 9.99.